The van der Waals surface area contributed by atoms with E-state index < -0.39 is 43.3 Å². The average molecular weight is 378 g/mol. The molecule has 0 aromatic rings. The lowest BCUT2D eigenvalue weighted by Crippen LogP contribution is -2.48. The number of rotatable bonds is 16. The van der Waals surface area contributed by atoms with Crippen LogP contribution in [0.15, 0.2) is 0 Å². The van der Waals surface area contributed by atoms with Crippen LogP contribution in [0.2, 0.25) is 0 Å². The van der Waals surface area contributed by atoms with Crippen LogP contribution in [0.1, 0.15) is 65.2 Å². The van der Waals surface area contributed by atoms with Gasteiger partial charge in [0.25, 0.3) is 0 Å². The summed E-state index contributed by atoms with van der Waals surface area (Å²) in [6.07, 6.45) is -0.0638. The summed E-state index contributed by atoms with van der Waals surface area (Å²) in [5.74, 6) is -0.494. The number of hydrogen-bond donors (Lipinski definition) is 4. The molecule has 0 aliphatic heterocycles. The molecule has 0 heterocycles. The van der Waals surface area contributed by atoms with Gasteiger partial charge in [-0.15, -0.1) is 0 Å². The number of aliphatic hydroxyl groups is 4. The zero-order chi connectivity index (χ0) is 19.9. The number of esters is 1. The van der Waals surface area contributed by atoms with Gasteiger partial charge in [0.15, 0.2) is 12.6 Å². The standard InChI is InChI=1S/C18H34O8/c1-3-4-5-6-7-8-9-10-16(22)25-12-14(21)17(23)18(24)15(11-19)26-13(2)20/h11,13-15,17-18,20-21,23-24H,3-10,12H2,1-2H3/t13?,14-,15+,17-,18-/m1/s1. The van der Waals surface area contributed by atoms with E-state index in [-0.39, 0.29) is 12.7 Å². The van der Waals surface area contributed by atoms with Crippen molar-refractivity contribution in [3.8, 4) is 0 Å². The molecule has 5 atom stereocenters. The van der Waals surface area contributed by atoms with Crippen LogP contribution in [0.4, 0.5) is 0 Å². The third kappa shape index (κ3) is 11.5. The third-order valence-electron chi connectivity index (χ3n) is 3.97. The second-order valence-corrected chi connectivity index (χ2v) is 6.44. The van der Waals surface area contributed by atoms with Gasteiger partial charge in [0.2, 0.25) is 0 Å². The van der Waals surface area contributed by atoms with Crippen LogP contribution in [0.5, 0.6) is 0 Å². The highest BCUT2D eigenvalue weighted by atomic mass is 16.6. The maximum atomic E-state index is 11.6. The summed E-state index contributed by atoms with van der Waals surface area (Å²) in [6, 6.07) is 0. The van der Waals surface area contributed by atoms with E-state index >= 15 is 0 Å². The maximum absolute atomic E-state index is 11.6. The lowest BCUT2D eigenvalue weighted by molar-refractivity contribution is -0.186. The van der Waals surface area contributed by atoms with Crippen molar-refractivity contribution in [2.75, 3.05) is 6.61 Å². The average Bonchev–Trinajstić information content (AvgIpc) is 2.61. The SMILES string of the molecule is CCCCCCCCCC(=O)OC[C@@H](O)[C@@H](O)[C@H](O)[C@H](C=O)OC(C)O. The van der Waals surface area contributed by atoms with Crippen LogP contribution in [-0.4, -0.2) is 70.0 Å². The molecule has 0 rings (SSSR count). The Morgan fingerprint density at radius 3 is 2.08 bits per heavy atom. The van der Waals surface area contributed by atoms with Crippen LogP contribution in [0.25, 0.3) is 0 Å². The minimum atomic E-state index is -1.77. The molecule has 0 saturated carbocycles. The summed E-state index contributed by atoms with van der Waals surface area (Å²) in [5.41, 5.74) is 0. The second kappa shape index (κ2) is 15.0. The first-order valence-electron chi connectivity index (χ1n) is 9.32. The van der Waals surface area contributed by atoms with Gasteiger partial charge in [-0.3, -0.25) is 4.79 Å². The molecule has 26 heavy (non-hydrogen) atoms. The van der Waals surface area contributed by atoms with E-state index in [4.69, 9.17) is 14.6 Å². The summed E-state index contributed by atoms with van der Waals surface area (Å²) in [6.45, 7) is 2.88. The van der Waals surface area contributed by atoms with Crippen LogP contribution in [0.3, 0.4) is 0 Å². The molecular formula is C18H34O8. The molecule has 0 aliphatic carbocycles. The van der Waals surface area contributed by atoms with E-state index in [1.165, 1.54) is 26.2 Å². The van der Waals surface area contributed by atoms with Gasteiger partial charge >= 0.3 is 5.97 Å². The zero-order valence-electron chi connectivity index (χ0n) is 15.7. The summed E-state index contributed by atoms with van der Waals surface area (Å²) >= 11 is 0. The molecule has 0 spiro atoms. The quantitative estimate of drug-likeness (QED) is 0.133. The monoisotopic (exact) mass is 378 g/mol. The van der Waals surface area contributed by atoms with E-state index in [0.717, 1.165) is 19.3 Å². The van der Waals surface area contributed by atoms with Crippen molar-refractivity contribution in [1.82, 2.24) is 0 Å². The Hall–Kier alpha value is -1.06. The van der Waals surface area contributed by atoms with Crippen molar-refractivity contribution in [3.63, 3.8) is 0 Å². The molecule has 0 fully saturated rings. The van der Waals surface area contributed by atoms with Crippen LogP contribution < -0.4 is 0 Å². The first-order chi connectivity index (χ1) is 12.3. The minimum Gasteiger partial charge on any atom is -0.463 e. The molecule has 0 aliphatic rings. The predicted molar refractivity (Wildman–Crippen MR) is 94.2 cm³/mol. The summed E-state index contributed by atoms with van der Waals surface area (Å²) in [4.78, 5) is 22.4. The van der Waals surface area contributed by atoms with Crippen molar-refractivity contribution >= 4 is 12.3 Å². The third-order valence-corrected chi connectivity index (χ3v) is 3.97. The van der Waals surface area contributed by atoms with Gasteiger partial charge in [0.05, 0.1) is 0 Å². The van der Waals surface area contributed by atoms with Crippen molar-refractivity contribution in [1.29, 1.82) is 0 Å². The summed E-state index contributed by atoms with van der Waals surface area (Å²) in [7, 11) is 0. The van der Waals surface area contributed by atoms with Gasteiger partial charge in [-0.1, -0.05) is 45.4 Å². The number of aliphatic hydroxyl groups excluding tert-OH is 4. The smallest absolute Gasteiger partial charge is 0.305 e. The highest BCUT2D eigenvalue weighted by Crippen LogP contribution is 2.11. The molecule has 0 bridgehead atoms. The molecule has 0 aromatic heterocycles. The van der Waals surface area contributed by atoms with Gasteiger partial charge in [0, 0.05) is 6.42 Å². The largest absolute Gasteiger partial charge is 0.463 e. The molecule has 8 heteroatoms. The van der Waals surface area contributed by atoms with Gasteiger partial charge in [0.1, 0.15) is 31.0 Å². The van der Waals surface area contributed by atoms with Gasteiger partial charge in [-0.05, 0) is 13.3 Å². The number of ether oxygens (including phenoxy) is 2. The zero-order valence-corrected chi connectivity index (χ0v) is 15.7. The number of aldehydes is 1. The highest BCUT2D eigenvalue weighted by Gasteiger charge is 2.33. The van der Waals surface area contributed by atoms with E-state index in [9.17, 15) is 24.9 Å². The Kier molecular flexibility index (Phi) is 14.4. The van der Waals surface area contributed by atoms with Gasteiger partial charge in [-0.2, -0.15) is 0 Å². The Labute approximate surface area is 155 Å². The van der Waals surface area contributed by atoms with E-state index in [2.05, 4.69) is 6.92 Å². The molecule has 0 saturated heterocycles. The number of carbonyl (C=O) groups excluding carboxylic acids is 2. The summed E-state index contributed by atoms with van der Waals surface area (Å²) < 4.78 is 9.59. The molecule has 0 aromatic carbocycles. The fourth-order valence-electron chi connectivity index (χ4n) is 2.42. The van der Waals surface area contributed by atoms with Crippen molar-refractivity contribution in [2.45, 2.75) is 95.9 Å². The minimum absolute atomic E-state index is 0.208. The first kappa shape index (κ1) is 24.9. The molecule has 8 nitrogen and oxygen atoms in total. The van der Waals surface area contributed by atoms with E-state index in [1.807, 2.05) is 0 Å². The fourth-order valence-corrected chi connectivity index (χ4v) is 2.42. The Morgan fingerprint density at radius 2 is 1.54 bits per heavy atom. The van der Waals surface area contributed by atoms with Gasteiger partial charge < -0.3 is 34.7 Å². The van der Waals surface area contributed by atoms with E-state index in [1.54, 1.807) is 0 Å². The number of hydrogen-bond acceptors (Lipinski definition) is 8. The first-order valence-corrected chi connectivity index (χ1v) is 9.32. The van der Waals surface area contributed by atoms with Crippen LogP contribution >= 0.6 is 0 Å². The molecule has 0 amide bonds. The Bertz CT molecular complexity index is 374. The molecule has 0 radical (unpaired) electrons. The predicted octanol–water partition coefficient (Wildman–Crippen LogP) is 0.675. The molecule has 4 N–H and O–H groups in total. The van der Waals surface area contributed by atoms with Crippen molar-refractivity contribution < 1.29 is 39.5 Å². The summed E-state index contributed by atoms with van der Waals surface area (Å²) in [5, 5.41) is 38.5. The molecule has 154 valence electrons. The maximum Gasteiger partial charge on any atom is 0.305 e. The van der Waals surface area contributed by atoms with Crippen molar-refractivity contribution in [3.05, 3.63) is 0 Å². The lowest BCUT2D eigenvalue weighted by atomic mass is 10.0. The van der Waals surface area contributed by atoms with Crippen molar-refractivity contribution in [2.24, 2.45) is 0 Å². The Morgan fingerprint density at radius 1 is 0.962 bits per heavy atom. The topological polar surface area (TPSA) is 134 Å². The van der Waals surface area contributed by atoms with E-state index in [0.29, 0.717) is 6.42 Å². The fraction of sp³-hybridized carbons (Fsp3) is 0.889. The highest BCUT2D eigenvalue weighted by molar-refractivity contribution is 5.69. The Balaban J connectivity index is 4.01. The number of carbonyl (C=O) groups is 2. The normalized spacial score (nSPS) is 17.2. The molecular weight excluding hydrogens is 344 g/mol. The van der Waals surface area contributed by atoms with Crippen LogP contribution in [0, 0.1) is 0 Å². The van der Waals surface area contributed by atoms with Gasteiger partial charge in [-0.25, -0.2) is 0 Å². The lowest BCUT2D eigenvalue weighted by Gasteiger charge is -2.27. The second-order valence-electron chi connectivity index (χ2n) is 6.44. The number of unbranched alkanes of at least 4 members (excludes halogenated alkanes) is 6. The molecule has 1 unspecified atom stereocenters. The van der Waals surface area contributed by atoms with Crippen LogP contribution in [-0.2, 0) is 19.1 Å².